The highest BCUT2D eigenvalue weighted by Crippen LogP contribution is 2.10. The molecule has 1 atom stereocenters. The maximum atomic E-state index is 12.7. The molecule has 1 N–H and O–H groups in total. The molecule has 0 aliphatic carbocycles. The zero-order valence-electron chi connectivity index (χ0n) is 9.90. The number of benzene rings is 1. The van der Waals surface area contributed by atoms with Gasteiger partial charge in [0.2, 0.25) is 10.0 Å². The quantitative estimate of drug-likeness (QED) is 0.772. The van der Waals surface area contributed by atoms with E-state index in [9.17, 15) is 12.8 Å². The number of rotatable bonds is 7. The molecule has 0 aromatic heterocycles. The van der Waals surface area contributed by atoms with Gasteiger partial charge >= 0.3 is 0 Å². The Morgan fingerprint density at radius 1 is 1.39 bits per heavy atom. The molecule has 0 aliphatic rings. The van der Waals surface area contributed by atoms with Gasteiger partial charge in [-0.2, -0.15) is 0 Å². The number of hydrogen-bond donors (Lipinski definition) is 1. The number of alkyl halides is 1. The van der Waals surface area contributed by atoms with Crippen LogP contribution in [0.1, 0.15) is 6.42 Å². The minimum Gasteiger partial charge on any atom is -0.384 e. The molecule has 0 aliphatic heterocycles. The highest BCUT2D eigenvalue weighted by Gasteiger charge is 2.14. The summed E-state index contributed by atoms with van der Waals surface area (Å²) in [6.07, 6.45) is 0.605. The van der Waals surface area contributed by atoms with Crippen molar-refractivity contribution in [3.8, 4) is 0 Å². The van der Waals surface area contributed by atoms with Gasteiger partial charge in [0.1, 0.15) is 5.82 Å². The largest absolute Gasteiger partial charge is 0.384 e. The van der Waals surface area contributed by atoms with Crippen LogP contribution in [0.2, 0.25) is 0 Å². The van der Waals surface area contributed by atoms with E-state index in [-0.39, 0.29) is 9.72 Å². The normalized spacial score (nSPS) is 13.5. The van der Waals surface area contributed by atoms with Gasteiger partial charge in [-0.3, -0.25) is 0 Å². The third kappa shape index (κ3) is 5.01. The molecule has 0 amide bonds. The number of ether oxygens (including phenoxy) is 1. The molecule has 0 radical (unpaired) electrons. The predicted molar refractivity (Wildman–Crippen MR) is 70.8 cm³/mol. The Labute approximate surface area is 115 Å². The molecule has 0 fully saturated rings. The number of halogens is 2. The second kappa shape index (κ2) is 7.18. The SMILES string of the molecule is COCC(Br)CCNS(=O)(=O)c1ccc(F)cc1. The van der Waals surface area contributed by atoms with E-state index in [1.165, 1.54) is 12.1 Å². The number of nitrogens with one attached hydrogen (secondary N) is 1. The van der Waals surface area contributed by atoms with E-state index in [0.717, 1.165) is 12.1 Å². The van der Waals surface area contributed by atoms with Crippen LogP contribution >= 0.6 is 15.9 Å². The molecule has 1 unspecified atom stereocenters. The molecule has 0 bridgehead atoms. The highest BCUT2D eigenvalue weighted by atomic mass is 79.9. The fourth-order valence-electron chi connectivity index (χ4n) is 1.31. The first-order chi connectivity index (χ1) is 8.45. The predicted octanol–water partition coefficient (Wildman–Crippen LogP) is 1.90. The molecule has 102 valence electrons. The number of hydrogen-bond acceptors (Lipinski definition) is 3. The molecule has 7 heteroatoms. The molecular weight excluding hydrogens is 325 g/mol. The molecule has 18 heavy (non-hydrogen) atoms. The van der Waals surface area contributed by atoms with Crippen molar-refractivity contribution >= 4 is 26.0 Å². The van der Waals surface area contributed by atoms with E-state index in [0.29, 0.717) is 19.6 Å². The van der Waals surface area contributed by atoms with Crippen LogP contribution in [-0.4, -0.2) is 33.5 Å². The summed E-state index contributed by atoms with van der Waals surface area (Å²) in [5.74, 6) is -0.463. The summed E-state index contributed by atoms with van der Waals surface area (Å²) in [6, 6.07) is 4.70. The van der Waals surface area contributed by atoms with Gasteiger partial charge in [0, 0.05) is 18.5 Å². The smallest absolute Gasteiger partial charge is 0.240 e. The van der Waals surface area contributed by atoms with Gasteiger partial charge in [0.25, 0.3) is 0 Å². The summed E-state index contributed by atoms with van der Waals surface area (Å²) in [7, 11) is -1.99. The first-order valence-corrected chi connectivity index (χ1v) is 7.74. The molecule has 0 heterocycles. The molecule has 1 aromatic rings. The summed E-state index contributed by atoms with van der Waals surface area (Å²) >= 11 is 3.36. The fraction of sp³-hybridized carbons (Fsp3) is 0.455. The summed E-state index contributed by atoms with van der Waals surface area (Å²) in [4.78, 5) is 0.153. The number of methoxy groups -OCH3 is 1. The Hall–Kier alpha value is -0.500. The van der Waals surface area contributed by atoms with E-state index < -0.39 is 15.8 Å². The lowest BCUT2D eigenvalue weighted by atomic mass is 10.3. The van der Waals surface area contributed by atoms with Crippen LogP contribution in [0.3, 0.4) is 0 Å². The van der Waals surface area contributed by atoms with Crippen LogP contribution in [0.25, 0.3) is 0 Å². The van der Waals surface area contributed by atoms with Crippen LogP contribution in [0, 0.1) is 5.82 Å². The Kier molecular flexibility index (Phi) is 6.20. The standard InChI is InChI=1S/C11H15BrFNO3S/c1-17-8-9(12)6-7-14-18(15,16)11-4-2-10(13)3-5-11/h2-5,9,14H,6-8H2,1H3. The van der Waals surface area contributed by atoms with Crippen LogP contribution < -0.4 is 4.72 Å². The molecule has 0 spiro atoms. The summed E-state index contributed by atoms with van der Waals surface area (Å²) < 4.78 is 43.7. The lowest BCUT2D eigenvalue weighted by molar-refractivity contribution is 0.199. The Bertz CT molecular complexity index is 464. The van der Waals surface area contributed by atoms with Crippen LogP contribution in [-0.2, 0) is 14.8 Å². The van der Waals surface area contributed by atoms with Crippen molar-refractivity contribution in [3.05, 3.63) is 30.1 Å². The molecule has 1 rings (SSSR count). The summed E-state index contributed by atoms with van der Waals surface area (Å²) in [5, 5.41) is 0. The zero-order valence-corrected chi connectivity index (χ0v) is 12.3. The second-order valence-electron chi connectivity index (χ2n) is 3.69. The van der Waals surface area contributed by atoms with E-state index in [1.807, 2.05) is 0 Å². The van der Waals surface area contributed by atoms with Gasteiger partial charge in [0.15, 0.2) is 0 Å². The first-order valence-electron chi connectivity index (χ1n) is 5.34. The first kappa shape index (κ1) is 15.6. The number of sulfonamides is 1. The molecule has 4 nitrogen and oxygen atoms in total. The van der Waals surface area contributed by atoms with Crippen molar-refractivity contribution in [2.75, 3.05) is 20.3 Å². The zero-order chi connectivity index (χ0) is 13.6. The molecule has 0 saturated heterocycles. The van der Waals surface area contributed by atoms with Crippen molar-refractivity contribution < 1.29 is 17.5 Å². The van der Waals surface area contributed by atoms with E-state index in [2.05, 4.69) is 20.7 Å². The van der Waals surface area contributed by atoms with Gasteiger partial charge in [-0.25, -0.2) is 17.5 Å². The maximum Gasteiger partial charge on any atom is 0.240 e. The van der Waals surface area contributed by atoms with Crippen LogP contribution in [0.5, 0.6) is 0 Å². The minimum absolute atomic E-state index is 0.0572. The van der Waals surface area contributed by atoms with E-state index in [1.54, 1.807) is 7.11 Å². The topological polar surface area (TPSA) is 55.4 Å². The van der Waals surface area contributed by atoms with Crippen molar-refractivity contribution in [3.63, 3.8) is 0 Å². The molecule has 0 saturated carbocycles. The average Bonchev–Trinajstić information content (AvgIpc) is 2.29. The lowest BCUT2D eigenvalue weighted by Gasteiger charge is -2.10. The van der Waals surface area contributed by atoms with Gasteiger partial charge in [-0.1, -0.05) is 15.9 Å². The van der Waals surface area contributed by atoms with Crippen molar-refractivity contribution in [1.29, 1.82) is 0 Å². The third-order valence-electron chi connectivity index (χ3n) is 2.22. The molecular formula is C11H15BrFNO3S. The third-order valence-corrected chi connectivity index (χ3v) is 4.42. The van der Waals surface area contributed by atoms with Gasteiger partial charge in [-0.15, -0.1) is 0 Å². The van der Waals surface area contributed by atoms with Gasteiger partial charge in [0.05, 0.1) is 11.5 Å². The van der Waals surface area contributed by atoms with Crippen molar-refractivity contribution in [2.24, 2.45) is 0 Å². The fourth-order valence-corrected chi connectivity index (χ4v) is 2.85. The monoisotopic (exact) mass is 339 g/mol. The molecule has 1 aromatic carbocycles. The second-order valence-corrected chi connectivity index (χ2v) is 6.75. The maximum absolute atomic E-state index is 12.7. The van der Waals surface area contributed by atoms with Crippen LogP contribution in [0.15, 0.2) is 29.2 Å². The van der Waals surface area contributed by atoms with Crippen molar-refractivity contribution in [1.82, 2.24) is 4.72 Å². The average molecular weight is 340 g/mol. The van der Waals surface area contributed by atoms with Crippen molar-refractivity contribution in [2.45, 2.75) is 16.1 Å². The van der Waals surface area contributed by atoms with E-state index >= 15 is 0 Å². The van der Waals surface area contributed by atoms with Gasteiger partial charge < -0.3 is 4.74 Å². The Balaban J connectivity index is 2.52. The summed E-state index contributed by atoms with van der Waals surface area (Å²) in [6.45, 7) is 0.803. The Morgan fingerprint density at radius 3 is 2.56 bits per heavy atom. The summed E-state index contributed by atoms with van der Waals surface area (Å²) in [5.41, 5.74) is 0. The lowest BCUT2D eigenvalue weighted by Crippen LogP contribution is -2.27. The van der Waals surface area contributed by atoms with Crippen LogP contribution in [0.4, 0.5) is 4.39 Å². The van der Waals surface area contributed by atoms with Gasteiger partial charge in [-0.05, 0) is 30.7 Å². The highest BCUT2D eigenvalue weighted by molar-refractivity contribution is 9.09. The van der Waals surface area contributed by atoms with E-state index in [4.69, 9.17) is 4.74 Å². The minimum atomic E-state index is -3.57. The Morgan fingerprint density at radius 2 is 2.00 bits per heavy atom.